The Balaban J connectivity index is 1.48. The highest BCUT2D eigenvalue weighted by Gasteiger charge is 2.27. The minimum absolute atomic E-state index is 0.155. The number of benzene rings is 2. The Bertz CT molecular complexity index is 1010. The fraction of sp³-hybridized carbons (Fsp3) is 0.182. The van der Waals surface area contributed by atoms with E-state index in [1.54, 1.807) is 48.5 Å². The number of para-hydroxylation sites is 1. The summed E-state index contributed by atoms with van der Waals surface area (Å²) in [5.41, 5.74) is 0.808. The van der Waals surface area contributed by atoms with Gasteiger partial charge in [0.15, 0.2) is 0 Å². The summed E-state index contributed by atoms with van der Waals surface area (Å²) in [6.07, 6.45) is 1.96. The first-order valence-electron chi connectivity index (χ1n) is 9.39. The second-order valence-corrected chi connectivity index (χ2v) is 6.40. The molecule has 2 aromatic carbocycles. The molecule has 2 N–H and O–H groups in total. The lowest BCUT2D eigenvalue weighted by Gasteiger charge is -2.14. The fourth-order valence-corrected chi connectivity index (χ4v) is 2.74. The molecule has 0 bridgehead atoms. The molecule has 0 atom stereocenters. The Labute approximate surface area is 178 Å². The second kappa shape index (κ2) is 10.1. The summed E-state index contributed by atoms with van der Waals surface area (Å²) in [6.45, 7) is 0.731. The number of nitrogens with one attached hydrogen (secondary N) is 2. The van der Waals surface area contributed by atoms with Crippen molar-refractivity contribution in [1.29, 1.82) is 0 Å². The fourth-order valence-electron chi connectivity index (χ4n) is 2.74. The van der Waals surface area contributed by atoms with E-state index < -0.39 is 23.8 Å². The second-order valence-electron chi connectivity index (χ2n) is 6.40. The van der Waals surface area contributed by atoms with Crippen molar-refractivity contribution in [2.75, 3.05) is 20.3 Å². The Hall–Kier alpha value is -4.14. The summed E-state index contributed by atoms with van der Waals surface area (Å²) in [4.78, 5) is 46.3. The number of hydrogen-bond acceptors (Lipinski definition) is 7. The molecule has 0 saturated carbocycles. The summed E-state index contributed by atoms with van der Waals surface area (Å²) < 4.78 is 16.0. The van der Waals surface area contributed by atoms with E-state index in [-0.39, 0.29) is 5.57 Å². The van der Waals surface area contributed by atoms with Crippen LogP contribution >= 0.6 is 0 Å². The van der Waals surface area contributed by atoms with Gasteiger partial charge >= 0.3 is 12.0 Å². The van der Waals surface area contributed by atoms with Gasteiger partial charge in [0.25, 0.3) is 11.8 Å². The van der Waals surface area contributed by atoms with Crippen LogP contribution in [0.2, 0.25) is 0 Å². The van der Waals surface area contributed by atoms with Crippen LogP contribution in [0.1, 0.15) is 22.3 Å². The lowest BCUT2D eigenvalue weighted by molar-refractivity contribution is -0.123. The molecular formula is C22H20N2O7. The molecule has 0 aromatic heterocycles. The molecule has 31 heavy (non-hydrogen) atoms. The lowest BCUT2D eigenvalue weighted by atomic mass is 10.1. The summed E-state index contributed by atoms with van der Waals surface area (Å²) >= 11 is 0. The van der Waals surface area contributed by atoms with Crippen LogP contribution in [0.5, 0.6) is 11.5 Å². The van der Waals surface area contributed by atoms with Crippen molar-refractivity contribution in [3.8, 4) is 11.5 Å². The number of urea groups is 1. The monoisotopic (exact) mass is 424 g/mol. The van der Waals surface area contributed by atoms with Crippen molar-refractivity contribution in [3.05, 3.63) is 65.2 Å². The van der Waals surface area contributed by atoms with E-state index in [0.29, 0.717) is 42.3 Å². The summed E-state index contributed by atoms with van der Waals surface area (Å²) in [6, 6.07) is 12.8. The first-order chi connectivity index (χ1) is 15.0. The molecule has 0 radical (unpaired) electrons. The minimum atomic E-state index is -0.839. The van der Waals surface area contributed by atoms with Crippen LogP contribution in [0.4, 0.5) is 4.79 Å². The van der Waals surface area contributed by atoms with Gasteiger partial charge in [-0.15, -0.1) is 0 Å². The maximum absolute atomic E-state index is 11.7. The molecule has 9 nitrogen and oxygen atoms in total. The minimum Gasteiger partial charge on any atom is -0.493 e. The number of amides is 4. The van der Waals surface area contributed by atoms with Crippen molar-refractivity contribution in [1.82, 2.24) is 10.6 Å². The quantitative estimate of drug-likeness (QED) is 0.288. The van der Waals surface area contributed by atoms with E-state index in [9.17, 15) is 19.2 Å². The van der Waals surface area contributed by atoms with E-state index in [1.165, 1.54) is 13.2 Å². The molecule has 0 spiro atoms. The standard InChI is InChI=1S/C22H20N2O7/c1-29-21(27)16-5-2-3-6-18(16)31-12-4-11-30-15-9-7-14(8-10-15)13-17-19(25)23-22(28)24-20(17)26/h2-3,5-10,13H,4,11-12H2,1H3,(H2,23,24,25,26,28). The molecule has 1 aliphatic rings. The number of carbonyl (C=O) groups is 4. The van der Waals surface area contributed by atoms with Gasteiger partial charge < -0.3 is 14.2 Å². The lowest BCUT2D eigenvalue weighted by Crippen LogP contribution is -2.51. The third kappa shape index (κ3) is 5.69. The number of methoxy groups -OCH3 is 1. The van der Waals surface area contributed by atoms with Gasteiger partial charge in [-0.1, -0.05) is 24.3 Å². The first-order valence-corrected chi connectivity index (χ1v) is 9.39. The summed E-state index contributed by atoms with van der Waals surface area (Å²) in [5, 5.41) is 4.03. The number of ether oxygens (including phenoxy) is 3. The maximum atomic E-state index is 11.7. The zero-order valence-electron chi connectivity index (χ0n) is 16.7. The van der Waals surface area contributed by atoms with Gasteiger partial charge in [0.2, 0.25) is 0 Å². The van der Waals surface area contributed by atoms with Crippen molar-refractivity contribution >= 4 is 29.9 Å². The van der Waals surface area contributed by atoms with Gasteiger partial charge in [-0.05, 0) is 35.9 Å². The van der Waals surface area contributed by atoms with Crippen LogP contribution in [0.25, 0.3) is 6.08 Å². The Morgan fingerprint density at radius 2 is 1.55 bits per heavy atom. The molecule has 0 unspecified atom stereocenters. The molecule has 160 valence electrons. The largest absolute Gasteiger partial charge is 0.493 e. The zero-order valence-corrected chi connectivity index (χ0v) is 16.7. The van der Waals surface area contributed by atoms with E-state index in [1.807, 2.05) is 10.6 Å². The van der Waals surface area contributed by atoms with Crippen molar-refractivity contribution in [3.63, 3.8) is 0 Å². The SMILES string of the molecule is COC(=O)c1ccccc1OCCCOc1ccc(C=C2C(=O)NC(=O)NC2=O)cc1. The van der Waals surface area contributed by atoms with E-state index in [2.05, 4.69) is 0 Å². The van der Waals surface area contributed by atoms with Gasteiger partial charge in [-0.25, -0.2) is 9.59 Å². The third-order valence-electron chi connectivity index (χ3n) is 4.24. The van der Waals surface area contributed by atoms with E-state index in [0.717, 1.165) is 0 Å². The van der Waals surface area contributed by atoms with Gasteiger partial charge in [0.1, 0.15) is 22.6 Å². The van der Waals surface area contributed by atoms with Gasteiger partial charge in [0.05, 0.1) is 20.3 Å². The van der Waals surface area contributed by atoms with Crippen LogP contribution in [0.15, 0.2) is 54.1 Å². The number of rotatable bonds is 8. The molecule has 1 aliphatic heterocycles. The maximum Gasteiger partial charge on any atom is 0.341 e. The predicted molar refractivity (Wildman–Crippen MR) is 109 cm³/mol. The third-order valence-corrected chi connectivity index (χ3v) is 4.24. The highest BCUT2D eigenvalue weighted by atomic mass is 16.5. The predicted octanol–water partition coefficient (Wildman–Crippen LogP) is 2.07. The average Bonchev–Trinajstić information content (AvgIpc) is 2.76. The molecule has 9 heteroatoms. The van der Waals surface area contributed by atoms with E-state index in [4.69, 9.17) is 14.2 Å². The van der Waals surface area contributed by atoms with Crippen molar-refractivity contribution in [2.45, 2.75) is 6.42 Å². The van der Waals surface area contributed by atoms with Crippen LogP contribution in [0.3, 0.4) is 0 Å². The molecular weight excluding hydrogens is 404 g/mol. The molecule has 1 heterocycles. The molecule has 1 fully saturated rings. The molecule has 2 aromatic rings. The highest BCUT2D eigenvalue weighted by Crippen LogP contribution is 2.19. The highest BCUT2D eigenvalue weighted by molar-refractivity contribution is 6.31. The van der Waals surface area contributed by atoms with Crippen molar-refractivity contribution < 1.29 is 33.4 Å². The van der Waals surface area contributed by atoms with E-state index >= 15 is 0 Å². The molecule has 0 aliphatic carbocycles. The number of hydrogen-bond donors (Lipinski definition) is 2. The van der Waals surface area contributed by atoms with Crippen LogP contribution < -0.4 is 20.1 Å². The Morgan fingerprint density at radius 1 is 0.903 bits per heavy atom. The van der Waals surface area contributed by atoms with Gasteiger partial charge in [-0.2, -0.15) is 0 Å². The number of carbonyl (C=O) groups excluding carboxylic acids is 4. The summed E-state index contributed by atoms with van der Waals surface area (Å²) in [7, 11) is 1.31. The number of esters is 1. The van der Waals surface area contributed by atoms with Crippen LogP contribution in [0, 0.1) is 0 Å². The number of imide groups is 2. The molecule has 4 amide bonds. The smallest absolute Gasteiger partial charge is 0.341 e. The normalized spacial score (nSPS) is 13.2. The van der Waals surface area contributed by atoms with Gasteiger partial charge in [0, 0.05) is 6.42 Å². The zero-order chi connectivity index (χ0) is 22.2. The number of barbiturate groups is 1. The Kier molecular flexibility index (Phi) is 7.00. The van der Waals surface area contributed by atoms with Crippen LogP contribution in [-0.2, 0) is 14.3 Å². The van der Waals surface area contributed by atoms with Gasteiger partial charge in [-0.3, -0.25) is 20.2 Å². The Morgan fingerprint density at radius 3 is 2.23 bits per heavy atom. The molecule has 3 rings (SSSR count). The first kappa shape index (κ1) is 21.6. The van der Waals surface area contributed by atoms with Crippen LogP contribution in [-0.4, -0.2) is 44.1 Å². The molecule has 1 saturated heterocycles. The topological polar surface area (TPSA) is 120 Å². The summed E-state index contributed by atoms with van der Waals surface area (Å²) in [5.74, 6) is -0.906. The average molecular weight is 424 g/mol. The van der Waals surface area contributed by atoms with Crippen molar-refractivity contribution in [2.24, 2.45) is 0 Å².